The van der Waals surface area contributed by atoms with Crippen LogP contribution in [0, 0.1) is 5.92 Å². The fourth-order valence-corrected chi connectivity index (χ4v) is 8.52. The molecule has 0 amide bonds. The highest BCUT2D eigenvalue weighted by molar-refractivity contribution is 5.95. The molecule has 2 aromatic carbocycles. The molecule has 2 bridgehead atoms. The standard InChI is InChI=1S/C34H38N2O8/c1-33(2)24-18(22-27(43-33)16-10-12-20(39-6)29(41-8)25(16)35(4)31(22)37)14-34(3)15-19(24)23-28(44-34)17-11-13-21(40-7)30(42-9)26(17)36(5)32(23)38/h10-13,18-19,24H,14-15H2,1-9H3/t18-,19+,24+,34+/m1/s1. The van der Waals surface area contributed by atoms with Crippen molar-refractivity contribution in [1.29, 1.82) is 0 Å². The number of aryl methyl sites for hydroxylation is 2. The van der Waals surface area contributed by atoms with Gasteiger partial charge in [-0.25, -0.2) is 0 Å². The van der Waals surface area contributed by atoms with E-state index in [1.165, 1.54) is 0 Å². The Morgan fingerprint density at radius 3 is 1.52 bits per heavy atom. The third kappa shape index (κ3) is 3.53. The number of fused-ring (bicyclic) bond motifs is 12. The Morgan fingerprint density at radius 1 is 0.682 bits per heavy atom. The van der Waals surface area contributed by atoms with Crippen molar-refractivity contribution in [2.45, 2.75) is 56.7 Å². The fraction of sp³-hybridized carbons (Fsp3) is 0.471. The van der Waals surface area contributed by atoms with Gasteiger partial charge in [0.1, 0.15) is 33.7 Å². The number of rotatable bonds is 4. The summed E-state index contributed by atoms with van der Waals surface area (Å²) in [5.74, 6) is 2.56. The van der Waals surface area contributed by atoms with Crippen LogP contribution in [0.5, 0.6) is 34.5 Å². The Bertz CT molecular complexity index is 1890. The Labute approximate surface area is 255 Å². The summed E-state index contributed by atoms with van der Waals surface area (Å²) >= 11 is 0. The minimum absolute atomic E-state index is 0.156. The highest BCUT2D eigenvalue weighted by Gasteiger charge is 2.59. The van der Waals surface area contributed by atoms with E-state index in [1.54, 1.807) is 51.7 Å². The summed E-state index contributed by atoms with van der Waals surface area (Å²) in [6.45, 7) is 6.22. The molecule has 1 aliphatic carbocycles. The van der Waals surface area contributed by atoms with Crippen LogP contribution < -0.4 is 39.5 Å². The molecular formula is C34H38N2O8. The molecular weight excluding hydrogens is 564 g/mol. The molecule has 0 spiro atoms. The van der Waals surface area contributed by atoms with E-state index in [9.17, 15) is 9.59 Å². The van der Waals surface area contributed by atoms with Crippen molar-refractivity contribution in [2.75, 3.05) is 28.4 Å². The molecule has 1 saturated carbocycles. The van der Waals surface area contributed by atoms with Gasteiger partial charge in [0.25, 0.3) is 11.1 Å². The maximum atomic E-state index is 14.3. The molecule has 1 fully saturated rings. The topological polar surface area (TPSA) is 99.4 Å². The normalized spacial score (nSPS) is 24.4. The molecule has 4 heterocycles. The first-order valence-corrected chi connectivity index (χ1v) is 14.8. The average Bonchev–Trinajstić information content (AvgIpc) is 2.99. The van der Waals surface area contributed by atoms with Crippen LogP contribution in [-0.4, -0.2) is 48.8 Å². The summed E-state index contributed by atoms with van der Waals surface area (Å²) < 4.78 is 39.5. The Kier molecular flexibility index (Phi) is 6.03. The molecule has 4 atom stereocenters. The molecule has 4 aromatic rings. The van der Waals surface area contributed by atoms with Crippen molar-refractivity contribution in [3.8, 4) is 34.5 Å². The summed E-state index contributed by atoms with van der Waals surface area (Å²) in [5, 5.41) is 1.56. The summed E-state index contributed by atoms with van der Waals surface area (Å²) in [5.41, 5.74) is 0.791. The summed E-state index contributed by atoms with van der Waals surface area (Å²) in [7, 11) is 9.79. The van der Waals surface area contributed by atoms with Gasteiger partial charge in [-0.1, -0.05) is 0 Å². The third-order valence-corrected chi connectivity index (χ3v) is 10.2. The maximum absolute atomic E-state index is 14.3. The van der Waals surface area contributed by atoms with Gasteiger partial charge < -0.3 is 37.6 Å². The molecule has 7 rings (SSSR count). The predicted molar refractivity (Wildman–Crippen MR) is 167 cm³/mol. The Balaban J connectivity index is 1.51. The molecule has 10 heteroatoms. The van der Waals surface area contributed by atoms with Crippen LogP contribution in [-0.2, 0) is 14.1 Å². The molecule has 2 aliphatic heterocycles. The first-order valence-electron chi connectivity index (χ1n) is 14.8. The summed E-state index contributed by atoms with van der Waals surface area (Å²) in [6.07, 6.45) is 1.22. The van der Waals surface area contributed by atoms with Gasteiger partial charge in [-0.3, -0.25) is 9.59 Å². The Morgan fingerprint density at radius 2 is 1.11 bits per heavy atom. The van der Waals surface area contributed by atoms with Crippen LogP contribution >= 0.6 is 0 Å². The predicted octanol–water partition coefficient (Wildman–Crippen LogP) is 5.02. The molecule has 44 heavy (non-hydrogen) atoms. The zero-order valence-corrected chi connectivity index (χ0v) is 26.6. The third-order valence-electron chi connectivity index (χ3n) is 10.2. The molecule has 0 unspecified atom stereocenters. The smallest absolute Gasteiger partial charge is 0.258 e. The van der Waals surface area contributed by atoms with Gasteiger partial charge in [0.15, 0.2) is 23.0 Å². The zero-order valence-electron chi connectivity index (χ0n) is 26.6. The van der Waals surface area contributed by atoms with Gasteiger partial charge in [0.05, 0.1) is 39.6 Å². The summed E-state index contributed by atoms with van der Waals surface area (Å²) in [6, 6.07) is 7.53. The van der Waals surface area contributed by atoms with E-state index in [1.807, 2.05) is 24.3 Å². The Hall–Kier alpha value is -4.34. The number of benzene rings is 2. The highest BCUT2D eigenvalue weighted by atomic mass is 16.5. The van der Waals surface area contributed by atoms with E-state index in [-0.39, 0.29) is 28.9 Å². The average molecular weight is 603 g/mol. The number of hydrogen-bond acceptors (Lipinski definition) is 8. The second-order valence-corrected chi connectivity index (χ2v) is 13.0. The molecule has 2 aromatic heterocycles. The molecule has 10 nitrogen and oxygen atoms in total. The molecule has 0 radical (unpaired) electrons. The summed E-state index contributed by atoms with van der Waals surface area (Å²) in [4.78, 5) is 28.6. The number of aromatic nitrogens is 2. The first kappa shape index (κ1) is 28.4. The number of nitrogens with zero attached hydrogens (tertiary/aromatic N) is 2. The van der Waals surface area contributed by atoms with Gasteiger partial charge in [-0.15, -0.1) is 0 Å². The van der Waals surface area contributed by atoms with E-state index in [0.29, 0.717) is 69.5 Å². The van der Waals surface area contributed by atoms with Crippen LogP contribution in [0.1, 0.15) is 56.6 Å². The lowest BCUT2D eigenvalue weighted by molar-refractivity contribution is -0.0798. The maximum Gasteiger partial charge on any atom is 0.258 e. The van der Waals surface area contributed by atoms with E-state index < -0.39 is 11.2 Å². The highest BCUT2D eigenvalue weighted by Crippen LogP contribution is 2.63. The van der Waals surface area contributed by atoms with Crippen LogP contribution in [0.15, 0.2) is 33.9 Å². The number of pyridine rings is 2. The lowest BCUT2D eigenvalue weighted by atomic mass is 9.56. The molecule has 232 valence electrons. The molecule has 0 N–H and O–H groups in total. The van der Waals surface area contributed by atoms with E-state index in [2.05, 4.69) is 20.8 Å². The molecule has 0 saturated heterocycles. The second kappa shape index (κ2) is 9.33. The van der Waals surface area contributed by atoms with Crippen molar-refractivity contribution in [1.82, 2.24) is 9.13 Å². The van der Waals surface area contributed by atoms with Crippen molar-refractivity contribution < 1.29 is 28.4 Å². The van der Waals surface area contributed by atoms with Gasteiger partial charge in [-0.05, 0) is 57.9 Å². The second-order valence-electron chi connectivity index (χ2n) is 13.0. The van der Waals surface area contributed by atoms with Crippen molar-refractivity contribution in [3.63, 3.8) is 0 Å². The number of hydrogen-bond donors (Lipinski definition) is 0. The molecule has 3 aliphatic rings. The van der Waals surface area contributed by atoms with Crippen LogP contribution in [0.4, 0.5) is 0 Å². The first-order chi connectivity index (χ1) is 20.9. The van der Waals surface area contributed by atoms with Crippen LogP contribution in [0.3, 0.4) is 0 Å². The minimum atomic E-state index is -0.720. The van der Waals surface area contributed by atoms with Crippen LogP contribution in [0.25, 0.3) is 21.8 Å². The SMILES string of the molecule is COc1ccc2c3c(c(=O)n(C)c2c1OC)[C@H]1C[C@@]2(C)C[C@@H](c4c(c5ccc(OC)c(OC)c5n(C)c4=O)O2)[C@H]1C(C)(C)O3. The lowest BCUT2D eigenvalue weighted by Gasteiger charge is -2.57. The van der Waals surface area contributed by atoms with E-state index in [0.717, 1.165) is 10.8 Å². The van der Waals surface area contributed by atoms with E-state index >= 15 is 0 Å². The monoisotopic (exact) mass is 602 g/mol. The fourth-order valence-electron chi connectivity index (χ4n) is 8.52. The van der Waals surface area contributed by atoms with Crippen LogP contribution in [0.2, 0.25) is 0 Å². The quantitative estimate of drug-likeness (QED) is 0.321. The van der Waals surface area contributed by atoms with E-state index in [4.69, 9.17) is 28.4 Å². The van der Waals surface area contributed by atoms with Crippen molar-refractivity contribution in [3.05, 3.63) is 56.1 Å². The van der Waals surface area contributed by atoms with Gasteiger partial charge in [-0.2, -0.15) is 0 Å². The van der Waals surface area contributed by atoms with Crippen molar-refractivity contribution >= 4 is 21.8 Å². The van der Waals surface area contributed by atoms with Gasteiger partial charge >= 0.3 is 0 Å². The van der Waals surface area contributed by atoms with Crippen molar-refractivity contribution in [2.24, 2.45) is 20.0 Å². The van der Waals surface area contributed by atoms with Gasteiger partial charge in [0, 0.05) is 42.6 Å². The van der Waals surface area contributed by atoms with Gasteiger partial charge in [0.2, 0.25) is 0 Å². The lowest BCUT2D eigenvalue weighted by Crippen LogP contribution is -2.58. The zero-order chi connectivity index (χ0) is 31.5. The number of methoxy groups -OCH3 is 4. The minimum Gasteiger partial charge on any atom is -0.493 e. The number of ether oxygens (including phenoxy) is 6. The largest absolute Gasteiger partial charge is 0.493 e.